The molecule has 0 atom stereocenters. The van der Waals surface area contributed by atoms with Crippen molar-refractivity contribution in [1.29, 1.82) is 0 Å². The zero-order valence-electron chi connectivity index (χ0n) is 78.3. The Kier molecular flexibility index (Phi) is 30.0. The largest absolute Gasteiger partial charge is 0.412 e. The van der Waals surface area contributed by atoms with Gasteiger partial charge in [-0.15, -0.1) is 0 Å². The summed E-state index contributed by atoms with van der Waals surface area (Å²) in [5, 5.41) is 15.3. The van der Waals surface area contributed by atoms with Gasteiger partial charge in [0.2, 0.25) is 14.3 Å². The monoisotopic (exact) mass is 1930 g/mol. The van der Waals surface area contributed by atoms with E-state index in [9.17, 15) is 4.57 Å². The van der Waals surface area contributed by atoms with Crippen LogP contribution in [0.5, 0.6) is 0 Å². The molecule has 4 N–H and O–H groups in total. The molecule has 0 bridgehead atoms. The van der Waals surface area contributed by atoms with Gasteiger partial charge in [0.1, 0.15) is 0 Å². The summed E-state index contributed by atoms with van der Waals surface area (Å²) in [6.07, 6.45) is 9.40. The van der Waals surface area contributed by atoms with E-state index in [2.05, 4.69) is 322 Å². The highest BCUT2D eigenvalue weighted by atomic mass is 31.2. The molecule has 0 radical (unpaired) electrons. The Bertz CT molecular complexity index is 8150. The molecule has 0 aliphatic carbocycles. The van der Waals surface area contributed by atoms with Crippen molar-refractivity contribution >= 4 is 127 Å². The van der Waals surface area contributed by atoms with E-state index >= 15 is 4.57 Å². The Morgan fingerprint density at radius 3 is 0.812 bits per heavy atom. The first kappa shape index (κ1) is 95.9. The molecule has 0 aliphatic rings. The number of aromatic nitrogens is 8. The lowest BCUT2D eigenvalue weighted by Crippen LogP contribution is -2.29. The second-order valence-electron chi connectivity index (χ2n) is 34.0. The van der Waals surface area contributed by atoms with Crippen LogP contribution >= 0.6 is 30.1 Å². The van der Waals surface area contributed by atoms with E-state index in [1.165, 1.54) is 75.8 Å². The van der Waals surface area contributed by atoms with Gasteiger partial charge >= 0.3 is 0 Å². The standard InChI is InChI=1S/C40H29N2OP.C32H21N2OP.2C28H21N2P.2H2O/c43-44(36-17-9-3-10-18-36,37-19-11-4-12-20-37)40-41-38(34-25-21-32(22-26-34)30-13-5-1-6-14-30)29-39(42-40)35-27-23-33(24-28-35)31-15-7-2-8-16-31;35-36(26-10-3-1-4-11-26,27-12-5-2-6-13-27)32-33-20-25(21-34-32)28-18-16-24-15-14-22-8-7-9-23-17-19-29(28)31(24)30(22)23;1-4-10-22(11-5-1)23-16-18-24(19-17-23)25-20-29-28(30-21-25)31(26-12-6-2-7-13-26)27-14-8-3-9-15-27;1-4-10-22(11-5-1)23-16-18-24(19-17-23)27-20-21-29-28(30-27)31(25-12-6-2-7-13-25)26-14-8-3-9-15-26;;/h1-29H;1-21H;2*1-21H;2*1H2. The van der Waals surface area contributed by atoms with Crippen LogP contribution in [0, 0.1) is 0 Å². The van der Waals surface area contributed by atoms with Crippen LogP contribution < -0.4 is 64.7 Å². The molecular weight excluding hydrogens is 1840 g/mol. The van der Waals surface area contributed by atoms with Gasteiger partial charge in [-0.2, -0.15) is 0 Å². The van der Waals surface area contributed by atoms with Gasteiger partial charge in [-0.05, 0) is 121 Å². The predicted molar refractivity (Wildman–Crippen MR) is 604 cm³/mol. The van der Waals surface area contributed by atoms with Crippen LogP contribution in [0.1, 0.15) is 0 Å². The molecule has 0 fully saturated rings. The van der Waals surface area contributed by atoms with Crippen LogP contribution in [0.15, 0.2) is 559 Å². The summed E-state index contributed by atoms with van der Waals surface area (Å²) in [6, 6.07) is 179. The van der Waals surface area contributed by atoms with Gasteiger partial charge < -0.3 is 20.1 Å². The minimum atomic E-state index is -3.41. The molecule has 692 valence electrons. The molecule has 24 rings (SSSR count). The van der Waals surface area contributed by atoms with Crippen LogP contribution in [0.2, 0.25) is 0 Å². The zero-order chi connectivity index (χ0) is 95.6. The van der Waals surface area contributed by atoms with Crippen molar-refractivity contribution in [3.05, 3.63) is 559 Å². The van der Waals surface area contributed by atoms with E-state index in [1.807, 2.05) is 237 Å². The van der Waals surface area contributed by atoms with Crippen molar-refractivity contribution in [2.75, 3.05) is 0 Å². The zero-order valence-corrected chi connectivity index (χ0v) is 81.9. The average Bonchev–Trinajstić information content (AvgIpc) is 0.731. The summed E-state index contributed by atoms with van der Waals surface area (Å²) in [7, 11) is -8.22. The molecule has 24 aromatic rings. The maximum absolute atomic E-state index is 15.3. The number of nitrogens with zero attached hydrogens (tertiary/aromatic N) is 8. The highest BCUT2D eigenvalue weighted by molar-refractivity contribution is 7.85. The maximum Gasteiger partial charge on any atom is 0.206 e. The van der Waals surface area contributed by atoms with Crippen LogP contribution in [-0.4, -0.2) is 50.8 Å². The van der Waals surface area contributed by atoms with E-state index in [0.717, 1.165) is 100 Å². The normalized spacial score (nSPS) is 11.1. The minimum absolute atomic E-state index is 0. The first-order valence-electron chi connectivity index (χ1n) is 47.1. The van der Waals surface area contributed by atoms with Crippen LogP contribution in [0.25, 0.3) is 133 Å². The molecule has 0 spiro atoms. The Hall–Kier alpha value is -17.0. The highest BCUT2D eigenvalue weighted by Crippen LogP contribution is 2.46. The Morgan fingerprint density at radius 1 is 0.188 bits per heavy atom. The molecule has 0 saturated carbocycles. The van der Waals surface area contributed by atoms with Crippen molar-refractivity contribution < 1.29 is 20.1 Å². The van der Waals surface area contributed by atoms with Crippen molar-refractivity contribution in [1.82, 2.24) is 39.9 Å². The molecule has 144 heavy (non-hydrogen) atoms. The quantitative estimate of drug-likeness (QED) is 0.0492. The summed E-state index contributed by atoms with van der Waals surface area (Å²) < 4.78 is 29.9. The van der Waals surface area contributed by atoms with Gasteiger partial charge in [0.15, 0.2) is 22.3 Å². The van der Waals surface area contributed by atoms with Crippen molar-refractivity contribution in [3.8, 4) is 101 Å². The fourth-order valence-corrected chi connectivity index (χ4v) is 26.9. The Morgan fingerprint density at radius 2 is 0.458 bits per heavy atom. The third-order valence-electron chi connectivity index (χ3n) is 25.2. The minimum Gasteiger partial charge on any atom is -0.412 e. The molecule has 20 aromatic carbocycles. The lowest BCUT2D eigenvalue weighted by atomic mass is 9.90. The first-order chi connectivity index (χ1) is 70.2. The second kappa shape index (κ2) is 45.1. The van der Waals surface area contributed by atoms with Gasteiger partial charge in [-0.25, -0.2) is 39.9 Å². The van der Waals surface area contributed by atoms with E-state index in [-0.39, 0.29) is 11.0 Å². The topological polar surface area (TPSA) is 200 Å². The second-order valence-corrected chi connectivity index (χ2v) is 43.6. The molecule has 4 heterocycles. The molecule has 16 heteroatoms. The number of hydrogen-bond acceptors (Lipinski definition) is 10. The predicted octanol–water partition coefficient (Wildman–Crippen LogP) is 25.0. The van der Waals surface area contributed by atoms with E-state index < -0.39 is 30.1 Å². The van der Waals surface area contributed by atoms with Crippen molar-refractivity contribution in [3.63, 3.8) is 0 Å². The number of benzene rings is 20. The number of hydrogen-bond donors (Lipinski definition) is 0. The third kappa shape index (κ3) is 21.1. The van der Waals surface area contributed by atoms with Crippen LogP contribution in [0.4, 0.5) is 0 Å². The summed E-state index contributed by atoms with van der Waals surface area (Å²) in [5.74, 6) is 0. The average molecular weight is 1930 g/mol. The maximum atomic E-state index is 15.3. The van der Waals surface area contributed by atoms with Gasteiger partial charge in [0.05, 0.1) is 17.1 Å². The van der Waals surface area contributed by atoms with E-state index in [0.29, 0.717) is 21.7 Å². The summed E-state index contributed by atoms with van der Waals surface area (Å²) >= 11 is 0. The van der Waals surface area contributed by atoms with Crippen LogP contribution in [-0.2, 0) is 9.13 Å². The lowest BCUT2D eigenvalue weighted by Gasteiger charge is -2.20. The Labute approximate surface area is 840 Å². The molecule has 4 aromatic heterocycles. The summed E-state index contributed by atoms with van der Waals surface area (Å²) in [4.78, 5) is 38.9. The van der Waals surface area contributed by atoms with Crippen molar-refractivity contribution in [2.45, 2.75) is 0 Å². The molecule has 0 unspecified atom stereocenters. The summed E-state index contributed by atoms with van der Waals surface area (Å²) in [5.41, 5.74) is 21.3. The van der Waals surface area contributed by atoms with Gasteiger partial charge in [-0.1, -0.05) is 516 Å². The number of rotatable bonds is 21. The smallest absolute Gasteiger partial charge is 0.206 e. The van der Waals surface area contributed by atoms with Crippen LogP contribution in [0.3, 0.4) is 0 Å². The summed E-state index contributed by atoms with van der Waals surface area (Å²) in [6.45, 7) is 0. The molecule has 0 saturated heterocycles. The Balaban J connectivity index is 0.000000122. The molecule has 0 amide bonds. The highest BCUT2D eigenvalue weighted by Gasteiger charge is 2.36. The van der Waals surface area contributed by atoms with Crippen molar-refractivity contribution in [2.24, 2.45) is 0 Å². The van der Waals surface area contributed by atoms with E-state index in [1.54, 1.807) is 0 Å². The SMILES string of the molecule is O.O.O=P(c1ccccc1)(c1ccccc1)c1nc(-c2ccc(-c3ccccc3)cc2)cc(-c2ccc(-c3ccccc3)cc2)n1.O=P(c1ccccc1)(c1ccccc1)c1ncc(-c2ccc3ccc4cccc5ccc2c3c45)cn1.c1ccc(-c2ccc(-c3ccnc(P(c4ccccc4)c4ccccc4)n3)cc2)cc1.c1ccc(-c2ccc(-c3cnc(P(c4ccccc4)c4ccccc4)nc3)cc2)cc1. The van der Waals surface area contributed by atoms with E-state index in [4.69, 9.17) is 39.9 Å². The third-order valence-corrected chi connectivity index (χ3v) is 35.3. The fraction of sp³-hybridized carbons (Fsp3) is 0. The van der Waals surface area contributed by atoms with Gasteiger partial charge in [0.25, 0.3) is 0 Å². The molecule has 0 aliphatic heterocycles. The molecule has 12 nitrogen and oxygen atoms in total. The molecular formula is C128H96N8O4P4. The van der Waals surface area contributed by atoms with Gasteiger partial charge in [-0.3, -0.25) is 0 Å². The first-order valence-corrected chi connectivity index (χ1v) is 53.2. The lowest BCUT2D eigenvalue weighted by molar-refractivity contribution is 0.590. The van der Waals surface area contributed by atoms with Gasteiger partial charge in [0, 0.05) is 95.9 Å². The fourth-order valence-electron chi connectivity index (χ4n) is 17.9.